The van der Waals surface area contributed by atoms with Crippen LogP contribution in [0.2, 0.25) is 10.0 Å². The van der Waals surface area contributed by atoms with E-state index < -0.39 is 0 Å². The lowest BCUT2D eigenvalue weighted by Gasteiger charge is -2.15. The number of hydrogen-bond donors (Lipinski definition) is 2. The van der Waals surface area contributed by atoms with Gasteiger partial charge in [0.2, 0.25) is 0 Å². The topological polar surface area (TPSA) is 50.9 Å². The standard InChI is InChI=1S/C11H17Cl2N3/c1-7(2)3-9(14)6-16-11-10(13)4-8(12)5-15-11/h4-5,7,9H,3,6,14H2,1-2H3,(H,15,16). The van der Waals surface area contributed by atoms with Crippen LogP contribution in [-0.2, 0) is 0 Å². The zero-order valence-corrected chi connectivity index (χ0v) is 11.0. The van der Waals surface area contributed by atoms with Gasteiger partial charge in [0, 0.05) is 18.8 Å². The summed E-state index contributed by atoms with van der Waals surface area (Å²) in [6, 6.07) is 1.76. The maximum atomic E-state index is 5.97. The molecule has 1 heterocycles. The third kappa shape index (κ3) is 4.56. The molecule has 0 aliphatic rings. The largest absolute Gasteiger partial charge is 0.367 e. The first-order valence-corrected chi connectivity index (χ1v) is 6.05. The first-order valence-electron chi connectivity index (χ1n) is 5.29. The summed E-state index contributed by atoms with van der Waals surface area (Å²) in [5.74, 6) is 1.22. The number of hydrogen-bond acceptors (Lipinski definition) is 3. The molecule has 5 heteroatoms. The number of nitrogens with zero attached hydrogens (tertiary/aromatic N) is 1. The van der Waals surface area contributed by atoms with Gasteiger partial charge in [-0.15, -0.1) is 0 Å². The highest BCUT2D eigenvalue weighted by molar-refractivity contribution is 6.35. The zero-order valence-electron chi connectivity index (χ0n) is 9.50. The lowest BCUT2D eigenvalue weighted by atomic mass is 10.0. The summed E-state index contributed by atoms with van der Waals surface area (Å²) in [5, 5.41) is 4.17. The van der Waals surface area contributed by atoms with Crippen molar-refractivity contribution in [2.24, 2.45) is 11.7 Å². The maximum Gasteiger partial charge on any atom is 0.144 e. The number of nitrogens with one attached hydrogen (secondary N) is 1. The number of pyridine rings is 1. The van der Waals surface area contributed by atoms with E-state index in [1.807, 2.05) is 0 Å². The van der Waals surface area contributed by atoms with Gasteiger partial charge in [0.25, 0.3) is 0 Å². The molecule has 90 valence electrons. The molecule has 1 unspecified atom stereocenters. The van der Waals surface area contributed by atoms with Gasteiger partial charge in [0.05, 0.1) is 10.0 Å². The Labute approximate surface area is 106 Å². The van der Waals surface area contributed by atoms with E-state index in [9.17, 15) is 0 Å². The van der Waals surface area contributed by atoms with Crippen LogP contribution >= 0.6 is 23.2 Å². The van der Waals surface area contributed by atoms with Gasteiger partial charge in [0.15, 0.2) is 0 Å². The lowest BCUT2D eigenvalue weighted by molar-refractivity contribution is 0.508. The van der Waals surface area contributed by atoms with Crippen LogP contribution in [0.25, 0.3) is 0 Å². The van der Waals surface area contributed by atoms with Crippen molar-refractivity contribution in [2.75, 3.05) is 11.9 Å². The van der Waals surface area contributed by atoms with Crippen molar-refractivity contribution in [2.45, 2.75) is 26.3 Å². The van der Waals surface area contributed by atoms with Crippen molar-refractivity contribution in [1.82, 2.24) is 4.98 Å². The van der Waals surface area contributed by atoms with E-state index in [1.165, 1.54) is 0 Å². The summed E-state index contributed by atoms with van der Waals surface area (Å²) in [6.45, 7) is 4.95. The van der Waals surface area contributed by atoms with Crippen molar-refractivity contribution in [3.8, 4) is 0 Å². The summed E-state index contributed by atoms with van der Waals surface area (Å²) in [5.41, 5.74) is 5.94. The Morgan fingerprint density at radius 3 is 2.69 bits per heavy atom. The first-order chi connectivity index (χ1) is 7.49. The minimum atomic E-state index is 0.105. The molecule has 3 nitrogen and oxygen atoms in total. The first kappa shape index (κ1) is 13.6. The van der Waals surface area contributed by atoms with Crippen LogP contribution in [0.1, 0.15) is 20.3 Å². The Balaban J connectivity index is 2.48. The quantitative estimate of drug-likeness (QED) is 0.856. The fourth-order valence-corrected chi connectivity index (χ4v) is 1.91. The van der Waals surface area contributed by atoms with Gasteiger partial charge in [0.1, 0.15) is 5.82 Å². The molecule has 0 saturated carbocycles. The lowest BCUT2D eigenvalue weighted by Crippen LogP contribution is -2.30. The highest BCUT2D eigenvalue weighted by Gasteiger charge is 2.07. The van der Waals surface area contributed by atoms with Gasteiger partial charge in [-0.2, -0.15) is 0 Å². The molecule has 0 aromatic carbocycles. The molecule has 0 bridgehead atoms. The molecule has 0 amide bonds. The molecular weight excluding hydrogens is 245 g/mol. The predicted octanol–water partition coefficient (Wildman–Crippen LogP) is 3.17. The molecule has 1 aromatic rings. The highest BCUT2D eigenvalue weighted by Crippen LogP contribution is 2.22. The molecule has 1 atom stereocenters. The van der Waals surface area contributed by atoms with Crippen LogP contribution in [-0.4, -0.2) is 17.6 Å². The van der Waals surface area contributed by atoms with Crippen molar-refractivity contribution in [1.29, 1.82) is 0 Å². The molecule has 16 heavy (non-hydrogen) atoms. The van der Waals surface area contributed by atoms with Crippen LogP contribution in [0.5, 0.6) is 0 Å². The third-order valence-electron chi connectivity index (χ3n) is 2.11. The van der Waals surface area contributed by atoms with Crippen molar-refractivity contribution >= 4 is 29.0 Å². The van der Waals surface area contributed by atoms with E-state index in [2.05, 4.69) is 24.1 Å². The smallest absolute Gasteiger partial charge is 0.144 e. The van der Waals surface area contributed by atoms with Crippen LogP contribution < -0.4 is 11.1 Å². The minimum absolute atomic E-state index is 0.105. The SMILES string of the molecule is CC(C)CC(N)CNc1ncc(Cl)cc1Cl. The predicted molar refractivity (Wildman–Crippen MR) is 70.2 cm³/mol. The summed E-state index contributed by atoms with van der Waals surface area (Å²) in [7, 11) is 0. The van der Waals surface area contributed by atoms with Crippen molar-refractivity contribution < 1.29 is 0 Å². The molecule has 0 aliphatic carbocycles. The Morgan fingerprint density at radius 1 is 1.44 bits per heavy atom. The number of halogens is 2. The van der Waals surface area contributed by atoms with Crippen LogP contribution in [0.15, 0.2) is 12.3 Å². The Kier molecular flexibility index (Phi) is 5.32. The fourth-order valence-electron chi connectivity index (χ4n) is 1.46. The van der Waals surface area contributed by atoms with Gasteiger partial charge in [-0.05, 0) is 18.4 Å². The summed E-state index contributed by atoms with van der Waals surface area (Å²) < 4.78 is 0. The average Bonchev–Trinajstić information content (AvgIpc) is 2.15. The van der Waals surface area contributed by atoms with E-state index in [0.29, 0.717) is 28.3 Å². The van der Waals surface area contributed by atoms with Gasteiger partial charge in [-0.3, -0.25) is 0 Å². The third-order valence-corrected chi connectivity index (χ3v) is 2.61. The number of anilines is 1. The molecule has 0 fully saturated rings. The Bertz CT molecular complexity index is 342. The number of aromatic nitrogens is 1. The molecular formula is C11H17Cl2N3. The normalized spacial score (nSPS) is 12.9. The van der Waals surface area contributed by atoms with Crippen LogP contribution in [0.4, 0.5) is 5.82 Å². The monoisotopic (exact) mass is 261 g/mol. The van der Waals surface area contributed by atoms with Gasteiger partial charge >= 0.3 is 0 Å². The second-order valence-corrected chi connectivity index (χ2v) is 5.10. The minimum Gasteiger partial charge on any atom is -0.367 e. The second-order valence-electron chi connectivity index (χ2n) is 4.25. The average molecular weight is 262 g/mol. The Morgan fingerprint density at radius 2 is 2.12 bits per heavy atom. The number of nitrogens with two attached hydrogens (primary N) is 1. The summed E-state index contributed by atoms with van der Waals surface area (Å²) in [4.78, 5) is 4.10. The molecule has 0 spiro atoms. The van der Waals surface area contributed by atoms with E-state index in [4.69, 9.17) is 28.9 Å². The van der Waals surface area contributed by atoms with Gasteiger partial charge < -0.3 is 11.1 Å². The summed E-state index contributed by atoms with van der Waals surface area (Å²) >= 11 is 11.7. The maximum absolute atomic E-state index is 5.97. The zero-order chi connectivity index (χ0) is 12.1. The molecule has 0 aliphatic heterocycles. The van der Waals surface area contributed by atoms with E-state index in [1.54, 1.807) is 12.3 Å². The molecule has 0 saturated heterocycles. The fraction of sp³-hybridized carbons (Fsp3) is 0.545. The molecule has 1 rings (SSSR count). The Hall–Kier alpha value is -0.510. The van der Waals surface area contributed by atoms with Gasteiger partial charge in [-0.25, -0.2) is 4.98 Å². The molecule has 1 aromatic heterocycles. The van der Waals surface area contributed by atoms with Gasteiger partial charge in [-0.1, -0.05) is 37.0 Å². The molecule has 0 radical (unpaired) electrons. The van der Waals surface area contributed by atoms with Crippen molar-refractivity contribution in [3.05, 3.63) is 22.3 Å². The number of rotatable bonds is 5. The van der Waals surface area contributed by atoms with E-state index >= 15 is 0 Å². The molecule has 3 N–H and O–H groups in total. The van der Waals surface area contributed by atoms with Crippen LogP contribution in [0, 0.1) is 5.92 Å². The summed E-state index contributed by atoms with van der Waals surface area (Å²) in [6.07, 6.45) is 2.53. The van der Waals surface area contributed by atoms with E-state index in [-0.39, 0.29) is 6.04 Å². The van der Waals surface area contributed by atoms with Crippen LogP contribution in [0.3, 0.4) is 0 Å². The second kappa shape index (κ2) is 6.28. The van der Waals surface area contributed by atoms with Crippen molar-refractivity contribution in [3.63, 3.8) is 0 Å². The van der Waals surface area contributed by atoms with E-state index in [0.717, 1.165) is 6.42 Å². The highest BCUT2D eigenvalue weighted by atomic mass is 35.5.